The molecule has 22 heavy (non-hydrogen) atoms. The van der Waals surface area contributed by atoms with Crippen molar-refractivity contribution in [3.05, 3.63) is 36.0 Å². The molecule has 0 saturated heterocycles. The van der Waals surface area contributed by atoms with Gasteiger partial charge in [0.15, 0.2) is 5.65 Å². The molecule has 0 unspecified atom stereocenters. The van der Waals surface area contributed by atoms with Crippen molar-refractivity contribution >= 4 is 27.9 Å². The molecule has 0 amide bonds. The Hall–Kier alpha value is -2.60. The molecule has 6 heteroatoms. The van der Waals surface area contributed by atoms with Crippen LogP contribution in [-0.4, -0.2) is 34.9 Å². The molecule has 3 aromatic rings. The summed E-state index contributed by atoms with van der Waals surface area (Å²) in [7, 11) is 1.64. The Bertz CT molecular complexity index is 898. The van der Waals surface area contributed by atoms with E-state index in [1.807, 2.05) is 28.8 Å². The summed E-state index contributed by atoms with van der Waals surface area (Å²) in [6.45, 7) is 1.36. The number of nitrogens with two attached hydrogens (primary N) is 1. The zero-order valence-corrected chi connectivity index (χ0v) is 12.2. The average Bonchev–Trinajstić information content (AvgIpc) is 2.99. The van der Waals surface area contributed by atoms with Gasteiger partial charge in [0.05, 0.1) is 31.5 Å². The maximum atomic E-state index is 6.07. The monoisotopic (exact) mass is 296 g/mol. The third-order valence-corrected chi connectivity index (χ3v) is 3.93. The van der Waals surface area contributed by atoms with E-state index >= 15 is 0 Å². The molecule has 6 nitrogen and oxygen atoms in total. The lowest BCUT2D eigenvalue weighted by atomic mass is 10.1. The summed E-state index contributed by atoms with van der Waals surface area (Å²) in [5.74, 6) is 1.26. The van der Waals surface area contributed by atoms with Crippen LogP contribution in [-0.2, 0) is 4.74 Å². The second-order valence-corrected chi connectivity index (χ2v) is 5.23. The van der Waals surface area contributed by atoms with Gasteiger partial charge in [-0.15, -0.1) is 0 Å². The number of nitrogen functional groups attached to an aromatic ring is 1. The van der Waals surface area contributed by atoms with Gasteiger partial charge in [0.1, 0.15) is 11.6 Å². The minimum absolute atomic E-state index is 0.498. The first-order valence-corrected chi connectivity index (χ1v) is 7.16. The zero-order chi connectivity index (χ0) is 15.1. The minimum atomic E-state index is 0.498. The summed E-state index contributed by atoms with van der Waals surface area (Å²) in [6.07, 6.45) is 2.93. The Balaban J connectivity index is 1.98. The van der Waals surface area contributed by atoms with E-state index in [-0.39, 0.29) is 0 Å². The maximum absolute atomic E-state index is 6.07. The summed E-state index contributed by atoms with van der Waals surface area (Å²) in [4.78, 5) is 4.45. The van der Waals surface area contributed by atoms with E-state index in [0.29, 0.717) is 12.4 Å². The first-order chi connectivity index (χ1) is 10.8. The molecule has 0 aliphatic carbocycles. The van der Waals surface area contributed by atoms with Crippen molar-refractivity contribution in [1.29, 1.82) is 0 Å². The number of anilines is 1. The second-order valence-electron chi connectivity index (χ2n) is 5.23. The number of rotatable bonds is 2. The van der Waals surface area contributed by atoms with Gasteiger partial charge in [-0.3, -0.25) is 0 Å². The van der Waals surface area contributed by atoms with Crippen LogP contribution in [0.15, 0.2) is 30.3 Å². The molecule has 0 atom stereocenters. The summed E-state index contributed by atoms with van der Waals surface area (Å²) >= 11 is 0. The number of hydrogen-bond donors (Lipinski definition) is 1. The standard InChI is InChI=1S/C16H16N4O2/c1-21-11-2-3-12-14(8-11)20-15(18-16(12)17)9-13(19-20)10-4-6-22-7-5-10/h2-4,8-9H,5-7H2,1H3,(H2,17,18). The van der Waals surface area contributed by atoms with Crippen LogP contribution in [0.2, 0.25) is 0 Å². The lowest BCUT2D eigenvalue weighted by Crippen LogP contribution is -2.04. The van der Waals surface area contributed by atoms with E-state index in [1.165, 1.54) is 5.57 Å². The van der Waals surface area contributed by atoms with E-state index in [1.54, 1.807) is 7.11 Å². The predicted molar refractivity (Wildman–Crippen MR) is 84.9 cm³/mol. The van der Waals surface area contributed by atoms with Crippen molar-refractivity contribution in [2.75, 3.05) is 26.1 Å². The van der Waals surface area contributed by atoms with Gasteiger partial charge in [-0.2, -0.15) is 5.10 Å². The zero-order valence-electron chi connectivity index (χ0n) is 12.2. The molecule has 112 valence electrons. The molecule has 3 heterocycles. The molecular weight excluding hydrogens is 280 g/mol. The van der Waals surface area contributed by atoms with Crippen molar-refractivity contribution in [3.8, 4) is 5.75 Å². The number of nitrogens with zero attached hydrogens (tertiary/aromatic N) is 3. The van der Waals surface area contributed by atoms with Crippen molar-refractivity contribution in [2.45, 2.75) is 6.42 Å². The summed E-state index contributed by atoms with van der Waals surface area (Å²) in [5, 5.41) is 5.56. The highest BCUT2D eigenvalue weighted by atomic mass is 16.5. The first-order valence-electron chi connectivity index (χ1n) is 7.16. The largest absolute Gasteiger partial charge is 0.497 e. The van der Waals surface area contributed by atoms with Crippen LogP contribution in [0.1, 0.15) is 12.1 Å². The molecule has 2 aromatic heterocycles. The normalized spacial score (nSPS) is 15.2. The number of ether oxygens (including phenoxy) is 2. The number of aromatic nitrogens is 3. The van der Waals surface area contributed by atoms with Crippen LogP contribution in [0.5, 0.6) is 5.75 Å². The molecule has 1 aromatic carbocycles. The van der Waals surface area contributed by atoms with E-state index in [0.717, 1.165) is 41.0 Å². The SMILES string of the molecule is COc1ccc2c(N)nc3cc(C4=CCOCC4)nn3c2c1. The van der Waals surface area contributed by atoms with E-state index in [4.69, 9.17) is 20.3 Å². The third-order valence-electron chi connectivity index (χ3n) is 3.93. The Labute approximate surface area is 127 Å². The Kier molecular flexibility index (Phi) is 2.97. The summed E-state index contributed by atoms with van der Waals surface area (Å²) in [5.41, 5.74) is 9.81. The van der Waals surface area contributed by atoms with Crippen LogP contribution >= 0.6 is 0 Å². The van der Waals surface area contributed by atoms with E-state index in [9.17, 15) is 0 Å². The number of benzene rings is 1. The Morgan fingerprint density at radius 2 is 2.23 bits per heavy atom. The number of fused-ring (bicyclic) bond motifs is 3. The minimum Gasteiger partial charge on any atom is -0.497 e. The van der Waals surface area contributed by atoms with Crippen molar-refractivity contribution in [1.82, 2.24) is 14.6 Å². The predicted octanol–water partition coefficient (Wildman–Crippen LogP) is 2.28. The fourth-order valence-corrected chi connectivity index (χ4v) is 2.76. The molecule has 0 radical (unpaired) electrons. The van der Waals surface area contributed by atoms with Crippen LogP contribution in [0.25, 0.3) is 22.1 Å². The lowest BCUT2D eigenvalue weighted by Gasteiger charge is -2.10. The highest BCUT2D eigenvalue weighted by molar-refractivity contribution is 5.91. The molecule has 1 aliphatic rings. The van der Waals surface area contributed by atoms with Gasteiger partial charge < -0.3 is 15.2 Å². The molecule has 0 saturated carbocycles. The van der Waals surface area contributed by atoms with Crippen molar-refractivity contribution in [2.24, 2.45) is 0 Å². The van der Waals surface area contributed by atoms with E-state index < -0.39 is 0 Å². The summed E-state index contributed by atoms with van der Waals surface area (Å²) < 4.78 is 12.5. The Morgan fingerprint density at radius 3 is 3.00 bits per heavy atom. The molecule has 4 rings (SSSR count). The smallest absolute Gasteiger partial charge is 0.158 e. The fourth-order valence-electron chi connectivity index (χ4n) is 2.76. The van der Waals surface area contributed by atoms with Crippen LogP contribution < -0.4 is 10.5 Å². The first kappa shape index (κ1) is 13.1. The lowest BCUT2D eigenvalue weighted by molar-refractivity contribution is 0.161. The maximum Gasteiger partial charge on any atom is 0.158 e. The summed E-state index contributed by atoms with van der Waals surface area (Å²) in [6, 6.07) is 7.67. The van der Waals surface area contributed by atoms with Crippen LogP contribution in [0.3, 0.4) is 0 Å². The second kappa shape index (κ2) is 4.99. The van der Waals surface area contributed by atoms with Crippen molar-refractivity contribution < 1.29 is 9.47 Å². The van der Waals surface area contributed by atoms with Gasteiger partial charge >= 0.3 is 0 Å². The highest BCUT2D eigenvalue weighted by Crippen LogP contribution is 2.27. The van der Waals surface area contributed by atoms with E-state index in [2.05, 4.69) is 11.1 Å². The topological polar surface area (TPSA) is 74.7 Å². The van der Waals surface area contributed by atoms with Crippen LogP contribution in [0, 0.1) is 0 Å². The van der Waals surface area contributed by atoms with Gasteiger partial charge in [-0.1, -0.05) is 6.08 Å². The van der Waals surface area contributed by atoms with Crippen molar-refractivity contribution in [3.63, 3.8) is 0 Å². The van der Waals surface area contributed by atoms with Gasteiger partial charge in [0.25, 0.3) is 0 Å². The highest BCUT2D eigenvalue weighted by Gasteiger charge is 2.14. The van der Waals surface area contributed by atoms with Gasteiger partial charge in [0.2, 0.25) is 0 Å². The quantitative estimate of drug-likeness (QED) is 0.785. The molecule has 2 N–H and O–H groups in total. The molecule has 0 spiro atoms. The molecular formula is C16H16N4O2. The molecule has 0 fully saturated rings. The number of methoxy groups -OCH3 is 1. The number of hydrogen-bond acceptors (Lipinski definition) is 5. The van der Waals surface area contributed by atoms with Gasteiger partial charge in [-0.05, 0) is 24.1 Å². The van der Waals surface area contributed by atoms with Gasteiger partial charge in [0, 0.05) is 17.5 Å². The molecule has 0 bridgehead atoms. The van der Waals surface area contributed by atoms with Crippen LogP contribution in [0.4, 0.5) is 5.82 Å². The van der Waals surface area contributed by atoms with Gasteiger partial charge in [-0.25, -0.2) is 9.50 Å². The Morgan fingerprint density at radius 1 is 1.32 bits per heavy atom. The molecule has 1 aliphatic heterocycles. The average molecular weight is 296 g/mol. The fraction of sp³-hybridized carbons (Fsp3) is 0.250. The third kappa shape index (κ3) is 2.00.